The highest BCUT2D eigenvalue weighted by Gasteiger charge is 2.40. The number of hydrogen-bond donors (Lipinski definition) is 2. The molecule has 2 N–H and O–H groups in total. The average molecular weight is 358 g/mol. The summed E-state index contributed by atoms with van der Waals surface area (Å²) in [5.74, 6) is -1.45. The molecule has 5 nitrogen and oxygen atoms in total. The van der Waals surface area contributed by atoms with Crippen LogP contribution in [0.4, 0.5) is 0 Å². The number of aromatic amines is 1. The van der Waals surface area contributed by atoms with Gasteiger partial charge in [0.2, 0.25) is 0 Å². The first kappa shape index (κ1) is 16.5. The number of aliphatic carboxylic acids is 1. The number of rotatable bonds is 5. The summed E-state index contributed by atoms with van der Waals surface area (Å²) in [5.41, 5.74) is 1.61. The zero-order valence-corrected chi connectivity index (χ0v) is 14.1. The number of hydrogen-bond acceptors (Lipinski definition) is 4. The number of carbonyl (C=O) groups excluding carboxylic acids is 1. The second kappa shape index (κ2) is 7.02. The molecule has 2 aromatic rings. The van der Waals surface area contributed by atoms with E-state index >= 15 is 0 Å². The smallest absolute Gasteiger partial charge is 0.327 e. The second-order valence-electron chi connectivity index (χ2n) is 5.22. The normalized spacial score (nSPS) is 17.5. The zero-order chi connectivity index (χ0) is 17.1. The number of H-pyrrole nitrogens is 1. The van der Waals surface area contributed by atoms with E-state index < -0.39 is 12.0 Å². The molecule has 24 heavy (non-hydrogen) atoms. The Morgan fingerprint density at radius 2 is 2.04 bits per heavy atom. The van der Waals surface area contributed by atoms with Gasteiger partial charge < -0.3 is 10.1 Å². The molecule has 1 fully saturated rings. The van der Waals surface area contributed by atoms with Crippen LogP contribution in [0.25, 0.3) is 6.08 Å². The predicted molar refractivity (Wildman–Crippen MR) is 97.4 cm³/mol. The highest BCUT2D eigenvalue weighted by Crippen LogP contribution is 2.34. The molecule has 0 saturated carbocycles. The highest BCUT2D eigenvalue weighted by molar-refractivity contribution is 8.26. The van der Waals surface area contributed by atoms with Crippen LogP contribution in [-0.2, 0) is 16.0 Å². The van der Waals surface area contributed by atoms with Gasteiger partial charge in [-0.15, -0.1) is 0 Å². The molecule has 1 aliphatic rings. The number of carbonyl (C=O) groups is 2. The summed E-state index contributed by atoms with van der Waals surface area (Å²) in [7, 11) is 0. The van der Waals surface area contributed by atoms with E-state index in [2.05, 4.69) is 4.98 Å². The number of nitrogens with zero attached hydrogens (tertiary/aromatic N) is 1. The topological polar surface area (TPSA) is 73.4 Å². The van der Waals surface area contributed by atoms with Gasteiger partial charge in [-0.25, -0.2) is 4.79 Å². The van der Waals surface area contributed by atoms with E-state index in [-0.39, 0.29) is 16.6 Å². The van der Waals surface area contributed by atoms with Crippen LogP contribution in [0, 0.1) is 0 Å². The van der Waals surface area contributed by atoms with Crippen LogP contribution in [-0.4, -0.2) is 37.2 Å². The monoisotopic (exact) mass is 358 g/mol. The zero-order valence-electron chi connectivity index (χ0n) is 12.5. The Morgan fingerprint density at radius 1 is 1.29 bits per heavy atom. The van der Waals surface area contributed by atoms with Gasteiger partial charge in [0.25, 0.3) is 5.91 Å². The van der Waals surface area contributed by atoms with Crippen molar-refractivity contribution < 1.29 is 14.7 Å². The van der Waals surface area contributed by atoms with Crippen molar-refractivity contribution in [2.75, 3.05) is 0 Å². The van der Waals surface area contributed by atoms with E-state index in [0.717, 1.165) is 23.0 Å². The minimum atomic E-state index is -1.07. The minimum Gasteiger partial charge on any atom is -0.480 e. The Labute approximate surface area is 148 Å². The largest absolute Gasteiger partial charge is 0.480 e. The molecule has 1 aromatic heterocycles. The fraction of sp³-hybridized carbons (Fsp3) is 0.118. The summed E-state index contributed by atoms with van der Waals surface area (Å²) >= 11 is 6.38. The number of thioether (sulfide) groups is 1. The maximum atomic E-state index is 12.7. The lowest BCUT2D eigenvalue weighted by atomic mass is 10.0. The van der Waals surface area contributed by atoms with Crippen LogP contribution in [0.5, 0.6) is 0 Å². The van der Waals surface area contributed by atoms with Crippen molar-refractivity contribution in [3.63, 3.8) is 0 Å². The van der Waals surface area contributed by atoms with Gasteiger partial charge in [0.05, 0.1) is 4.91 Å². The standard InChI is InChI=1S/C17H14N2O3S2/c20-15-14(10-12-7-4-8-18-12)24-17(23)19(15)13(16(21)22)9-11-5-2-1-3-6-11/h1-8,10,13,18H,9H2,(H,21,22)/b14-10+. The quantitative estimate of drug-likeness (QED) is 0.635. The number of aromatic nitrogens is 1. The van der Waals surface area contributed by atoms with E-state index in [1.807, 2.05) is 42.5 Å². The third-order valence-electron chi connectivity index (χ3n) is 3.60. The third-order valence-corrected chi connectivity index (χ3v) is 4.93. The SMILES string of the molecule is O=C(O)C(Cc1ccccc1)N1C(=O)/C(=C\c2ccc[nH]2)SC1=S. The van der Waals surface area contributed by atoms with Gasteiger partial charge >= 0.3 is 5.97 Å². The molecule has 0 spiro atoms. The third kappa shape index (κ3) is 3.42. The van der Waals surface area contributed by atoms with Gasteiger partial charge in [-0.1, -0.05) is 54.3 Å². The van der Waals surface area contributed by atoms with E-state index in [4.69, 9.17) is 12.2 Å². The summed E-state index contributed by atoms with van der Waals surface area (Å²) < 4.78 is 0.265. The van der Waals surface area contributed by atoms with Crippen LogP contribution in [0.2, 0.25) is 0 Å². The molecule has 1 atom stereocenters. The molecule has 0 radical (unpaired) electrons. The van der Waals surface area contributed by atoms with Crippen molar-refractivity contribution in [3.05, 3.63) is 64.8 Å². The molecule has 1 amide bonds. The predicted octanol–water partition coefficient (Wildman–Crippen LogP) is 2.91. The van der Waals surface area contributed by atoms with Gasteiger partial charge in [0.15, 0.2) is 0 Å². The Bertz CT molecular complexity index is 801. The van der Waals surface area contributed by atoms with Crippen LogP contribution < -0.4 is 0 Å². The summed E-state index contributed by atoms with van der Waals surface area (Å²) in [4.78, 5) is 29.0. The number of carboxylic acids is 1. The lowest BCUT2D eigenvalue weighted by Crippen LogP contribution is -2.45. The molecule has 1 aliphatic heterocycles. The van der Waals surface area contributed by atoms with Crippen molar-refractivity contribution in [3.8, 4) is 0 Å². The Morgan fingerprint density at radius 3 is 2.67 bits per heavy atom. The van der Waals surface area contributed by atoms with E-state index in [0.29, 0.717) is 4.91 Å². The first-order valence-electron chi connectivity index (χ1n) is 7.23. The molecule has 0 bridgehead atoms. The molecule has 2 heterocycles. The molecule has 1 aromatic carbocycles. The van der Waals surface area contributed by atoms with E-state index in [1.165, 1.54) is 4.90 Å². The van der Waals surface area contributed by atoms with Crippen molar-refractivity contribution in [1.29, 1.82) is 0 Å². The molecular formula is C17H14N2O3S2. The number of thiocarbonyl (C=S) groups is 1. The van der Waals surface area contributed by atoms with E-state index in [9.17, 15) is 14.7 Å². The maximum absolute atomic E-state index is 12.7. The number of nitrogens with one attached hydrogen (secondary N) is 1. The molecule has 3 rings (SSSR count). The maximum Gasteiger partial charge on any atom is 0.327 e. The number of benzene rings is 1. The van der Waals surface area contributed by atoms with Gasteiger partial charge in [-0.05, 0) is 23.8 Å². The fourth-order valence-electron chi connectivity index (χ4n) is 2.45. The fourth-order valence-corrected chi connectivity index (χ4v) is 3.80. The average Bonchev–Trinajstić information content (AvgIpc) is 3.16. The lowest BCUT2D eigenvalue weighted by Gasteiger charge is -2.23. The summed E-state index contributed by atoms with van der Waals surface area (Å²) in [5, 5.41) is 9.59. The van der Waals surface area contributed by atoms with E-state index in [1.54, 1.807) is 12.3 Å². The molecule has 122 valence electrons. The number of carboxylic acid groups (broad SMARTS) is 1. The molecule has 0 aliphatic carbocycles. The van der Waals surface area contributed by atoms with Crippen molar-refractivity contribution in [1.82, 2.24) is 9.88 Å². The Balaban J connectivity index is 1.87. The van der Waals surface area contributed by atoms with Crippen LogP contribution >= 0.6 is 24.0 Å². The lowest BCUT2D eigenvalue weighted by molar-refractivity contribution is -0.145. The number of amides is 1. The van der Waals surface area contributed by atoms with Crippen LogP contribution in [0.3, 0.4) is 0 Å². The van der Waals surface area contributed by atoms with Gasteiger partial charge in [-0.3, -0.25) is 9.69 Å². The first-order valence-corrected chi connectivity index (χ1v) is 8.46. The Hall–Kier alpha value is -2.38. The minimum absolute atomic E-state index is 0.207. The van der Waals surface area contributed by atoms with Crippen LogP contribution in [0.1, 0.15) is 11.3 Å². The second-order valence-corrected chi connectivity index (χ2v) is 6.90. The van der Waals surface area contributed by atoms with Crippen molar-refractivity contribution in [2.45, 2.75) is 12.5 Å². The van der Waals surface area contributed by atoms with Gasteiger partial charge in [0, 0.05) is 18.3 Å². The molecular weight excluding hydrogens is 344 g/mol. The van der Waals surface area contributed by atoms with Gasteiger partial charge in [-0.2, -0.15) is 0 Å². The van der Waals surface area contributed by atoms with Crippen molar-refractivity contribution >= 4 is 46.3 Å². The Kier molecular flexibility index (Phi) is 4.82. The molecule has 1 unspecified atom stereocenters. The molecule has 7 heteroatoms. The first-order chi connectivity index (χ1) is 11.6. The summed E-state index contributed by atoms with van der Waals surface area (Å²) in [6, 6.07) is 11.8. The van der Waals surface area contributed by atoms with Gasteiger partial charge in [0.1, 0.15) is 10.4 Å². The molecule has 1 saturated heterocycles. The van der Waals surface area contributed by atoms with Crippen molar-refractivity contribution in [2.24, 2.45) is 0 Å². The van der Waals surface area contributed by atoms with Crippen LogP contribution in [0.15, 0.2) is 53.6 Å². The summed E-state index contributed by atoms with van der Waals surface area (Å²) in [6.45, 7) is 0. The highest BCUT2D eigenvalue weighted by atomic mass is 32.2. The summed E-state index contributed by atoms with van der Waals surface area (Å²) in [6.07, 6.45) is 3.64.